The van der Waals surface area contributed by atoms with Crippen molar-refractivity contribution in [2.24, 2.45) is 0 Å². The molecule has 86 valence electrons. The van der Waals surface area contributed by atoms with Gasteiger partial charge in [0.05, 0.1) is 0 Å². The maximum absolute atomic E-state index is 5.72. The average molecular weight is 226 g/mol. The van der Waals surface area contributed by atoms with Crippen molar-refractivity contribution in [2.75, 3.05) is 0 Å². The van der Waals surface area contributed by atoms with Crippen LogP contribution >= 0.6 is 0 Å². The number of ether oxygens (including phenoxy) is 2. The fourth-order valence-electron chi connectivity index (χ4n) is 1.95. The van der Waals surface area contributed by atoms with Gasteiger partial charge in [-0.15, -0.1) is 0 Å². The molecule has 2 nitrogen and oxygen atoms in total. The largest absolute Gasteiger partial charge is 0.451 e. The molecular formula is C15H14O2. The van der Waals surface area contributed by atoms with E-state index in [9.17, 15) is 0 Å². The quantitative estimate of drug-likeness (QED) is 0.782. The molecule has 0 aromatic heterocycles. The first-order valence-corrected chi connectivity index (χ1v) is 5.79. The molecule has 1 heterocycles. The molecule has 0 amide bonds. The predicted molar refractivity (Wildman–Crippen MR) is 66.4 cm³/mol. The summed E-state index contributed by atoms with van der Waals surface area (Å²) in [5.41, 5.74) is 2.50. The molecule has 2 heteroatoms. The molecule has 0 aliphatic carbocycles. The number of para-hydroxylation sites is 2. The highest BCUT2D eigenvalue weighted by Crippen LogP contribution is 2.34. The number of aryl methyl sites for hydroxylation is 1. The van der Waals surface area contributed by atoms with E-state index < -0.39 is 0 Å². The standard InChI is InChI=1S/C15H14O2/c1-11-6-8-12(9-7-11)10-15-16-13-4-2-3-5-14(13)17-15/h2-9,15H,10H2,1H3. The second kappa shape index (κ2) is 4.13. The molecule has 0 atom stereocenters. The summed E-state index contributed by atoms with van der Waals surface area (Å²) in [6.07, 6.45) is 0.574. The minimum Gasteiger partial charge on any atom is -0.451 e. The molecule has 1 aliphatic rings. The van der Waals surface area contributed by atoms with Crippen molar-refractivity contribution in [3.05, 3.63) is 59.7 Å². The lowest BCUT2D eigenvalue weighted by Gasteiger charge is -2.10. The van der Waals surface area contributed by atoms with Gasteiger partial charge in [-0.1, -0.05) is 42.0 Å². The first kappa shape index (κ1) is 10.2. The number of benzene rings is 2. The molecule has 0 fully saturated rings. The molecular weight excluding hydrogens is 212 g/mol. The van der Waals surface area contributed by atoms with E-state index in [4.69, 9.17) is 9.47 Å². The second-order valence-corrected chi connectivity index (χ2v) is 4.30. The number of rotatable bonds is 2. The Hall–Kier alpha value is -1.96. The van der Waals surface area contributed by atoms with Crippen LogP contribution in [0.1, 0.15) is 11.1 Å². The van der Waals surface area contributed by atoms with Crippen LogP contribution in [-0.4, -0.2) is 6.29 Å². The summed E-state index contributed by atoms with van der Waals surface area (Å²) < 4.78 is 11.4. The molecule has 0 N–H and O–H groups in total. The Labute approximate surface area is 101 Å². The van der Waals surface area contributed by atoms with Gasteiger partial charge >= 0.3 is 0 Å². The summed E-state index contributed by atoms with van der Waals surface area (Å²) in [7, 11) is 0. The van der Waals surface area contributed by atoms with Crippen LogP contribution in [0.5, 0.6) is 11.5 Å². The van der Waals surface area contributed by atoms with Gasteiger partial charge in [-0.25, -0.2) is 0 Å². The molecule has 0 radical (unpaired) electrons. The van der Waals surface area contributed by atoms with Crippen LogP contribution in [0.25, 0.3) is 0 Å². The van der Waals surface area contributed by atoms with Crippen LogP contribution in [0, 0.1) is 6.92 Å². The Morgan fingerprint density at radius 3 is 2.06 bits per heavy atom. The van der Waals surface area contributed by atoms with E-state index in [0.717, 1.165) is 17.9 Å². The van der Waals surface area contributed by atoms with Crippen molar-refractivity contribution < 1.29 is 9.47 Å². The normalized spacial score (nSPS) is 13.9. The van der Waals surface area contributed by atoms with Crippen molar-refractivity contribution in [3.63, 3.8) is 0 Å². The van der Waals surface area contributed by atoms with Gasteiger partial charge in [-0.05, 0) is 24.6 Å². The van der Waals surface area contributed by atoms with Gasteiger partial charge in [-0.2, -0.15) is 0 Å². The van der Waals surface area contributed by atoms with Gasteiger partial charge in [-0.3, -0.25) is 0 Å². The number of hydrogen-bond donors (Lipinski definition) is 0. The summed E-state index contributed by atoms with van der Waals surface area (Å²) in [4.78, 5) is 0. The maximum Gasteiger partial charge on any atom is 0.245 e. The van der Waals surface area contributed by atoms with Gasteiger partial charge in [0, 0.05) is 6.42 Å². The van der Waals surface area contributed by atoms with E-state index in [1.807, 2.05) is 24.3 Å². The average Bonchev–Trinajstić information content (AvgIpc) is 2.74. The third-order valence-corrected chi connectivity index (χ3v) is 2.89. The number of fused-ring (bicyclic) bond motifs is 1. The summed E-state index contributed by atoms with van der Waals surface area (Å²) >= 11 is 0. The molecule has 2 aromatic rings. The third kappa shape index (κ3) is 2.11. The summed E-state index contributed by atoms with van der Waals surface area (Å²) in [6.45, 7) is 2.09. The van der Waals surface area contributed by atoms with Crippen LogP contribution in [0.4, 0.5) is 0 Å². The van der Waals surface area contributed by atoms with Gasteiger partial charge in [0.1, 0.15) is 0 Å². The van der Waals surface area contributed by atoms with E-state index >= 15 is 0 Å². The zero-order chi connectivity index (χ0) is 11.7. The molecule has 0 unspecified atom stereocenters. The zero-order valence-corrected chi connectivity index (χ0v) is 9.72. The molecule has 0 spiro atoms. The van der Waals surface area contributed by atoms with Gasteiger partial charge in [0.15, 0.2) is 11.5 Å². The molecule has 3 rings (SSSR count). The van der Waals surface area contributed by atoms with Crippen LogP contribution in [0.15, 0.2) is 48.5 Å². The predicted octanol–water partition coefficient (Wildman–Crippen LogP) is 3.34. The van der Waals surface area contributed by atoms with E-state index in [2.05, 4.69) is 31.2 Å². The minimum absolute atomic E-state index is 0.199. The Morgan fingerprint density at radius 2 is 1.47 bits per heavy atom. The van der Waals surface area contributed by atoms with Crippen LogP contribution in [0.3, 0.4) is 0 Å². The highest BCUT2D eigenvalue weighted by atomic mass is 16.7. The van der Waals surface area contributed by atoms with Crippen LogP contribution in [-0.2, 0) is 6.42 Å². The van der Waals surface area contributed by atoms with Gasteiger partial charge in [0.2, 0.25) is 6.29 Å². The lowest BCUT2D eigenvalue weighted by molar-refractivity contribution is 0.0502. The topological polar surface area (TPSA) is 18.5 Å². The first-order chi connectivity index (χ1) is 8.31. The fourth-order valence-corrected chi connectivity index (χ4v) is 1.95. The van der Waals surface area contributed by atoms with Gasteiger partial charge < -0.3 is 9.47 Å². The minimum atomic E-state index is -0.199. The maximum atomic E-state index is 5.72. The highest BCUT2D eigenvalue weighted by molar-refractivity contribution is 5.42. The lowest BCUT2D eigenvalue weighted by atomic mass is 10.1. The van der Waals surface area contributed by atoms with E-state index in [-0.39, 0.29) is 6.29 Å². The monoisotopic (exact) mass is 226 g/mol. The van der Waals surface area contributed by atoms with E-state index in [1.54, 1.807) is 0 Å². The van der Waals surface area contributed by atoms with Crippen molar-refractivity contribution >= 4 is 0 Å². The number of hydrogen-bond acceptors (Lipinski definition) is 2. The molecule has 17 heavy (non-hydrogen) atoms. The Balaban J connectivity index is 1.71. The van der Waals surface area contributed by atoms with Crippen LogP contribution < -0.4 is 9.47 Å². The fraction of sp³-hybridized carbons (Fsp3) is 0.200. The molecule has 1 aliphatic heterocycles. The Morgan fingerprint density at radius 1 is 0.882 bits per heavy atom. The smallest absolute Gasteiger partial charge is 0.245 e. The van der Waals surface area contributed by atoms with Crippen molar-refractivity contribution in [3.8, 4) is 11.5 Å². The lowest BCUT2D eigenvalue weighted by Crippen LogP contribution is -2.20. The van der Waals surface area contributed by atoms with Gasteiger partial charge in [0.25, 0.3) is 0 Å². The van der Waals surface area contributed by atoms with E-state index in [1.165, 1.54) is 11.1 Å². The molecule has 0 saturated carbocycles. The third-order valence-electron chi connectivity index (χ3n) is 2.89. The summed E-state index contributed by atoms with van der Waals surface area (Å²) in [5, 5.41) is 0. The Kier molecular flexibility index (Phi) is 2.48. The Bertz CT molecular complexity index is 492. The zero-order valence-electron chi connectivity index (χ0n) is 9.72. The molecule has 0 saturated heterocycles. The van der Waals surface area contributed by atoms with E-state index in [0.29, 0.717) is 0 Å². The first-order valence-electron chi connectivity index (χ1n) is 5.79. The summed E-state index contributed by atoms with van der Waals surface area (Å²) in [5.74, 6) is 1.68. The highest BCUT2D eigenvalue weighted by Gasteiger charge is 2.23. The van der Waals surface area contributed by atoms with Crippen molar-refractivity contribution in [1.29, 1.82) is 0 Å². The van der Waals surface area contributed by atoms with Crippen molar-refractivity contribution in [2.45, 2.75) is 19.6 Å². The molecule has 2 aromatic carbocycles. The van der Waals surface area contributed by atoms with Crippen molar-refractivity contribution in [1.82, 2.24) is 0 Å². The summed E-state index contributed by atoms with van der Waals surface area (Å²) in [6, 6.07) is 16.2. The SMILES string of the molecule is Cc1ccc(CC2Oc3ccccc3O2)cc1. The van der Waals surface area contributed by atoms with Crippen LogP contribution in [0.2, 0.25) is 0 Å². The second-order valence-electron chi connectivity index (χ2n) is 4.30. The molecule has 0 bridgehead atoms.